The number of aryl methyl sites for hydroxylation is 2. The van der Waals surface area contributed by atoms with Crippen LogP contribution in [0.15, 0.2) is 52.9 Å². The Hall–Kier alpha value is -3.08. The van der Waals surface area contributed by atoms with Crippen LogP contribution in [-0.2, 0) is 4.79 Å². The summed E-state index contributed by atoms with van der Waals surface area (Å²) in [5, 5.41) is 10.6. The Kier molecular flexibility index (Phi) is 4.22. The number of likely N-dealkylation sites (tertiary alicyclic amines) is 1. The second-order valence-corrected chi connectivity index (χ2v) is 7.23. The molecular formula is C22H21NO4. The number of furan rings is 1. The maximum atomic E-state index is 13.1. The van der Waals surface area contributed by atoms with Gasteiger partial charge in [0.1, 0.15) is 5.58 Å². The zero-order valence-corrected chi connectivity index (χ0v) is 15.3. The minimum absolute atomic E-state index is 0.184. The molecule has 1 saturated heterocycles. The van der Waals surface area contributed by atoms with Gasteiger partial charge in [-0.05, 0) is 31.5 Å². The molecule has 0 radical (unpaired) electrons. The molecule has 3 aromatic rings. The molecule has 5 nitrogen and oxygen atoms in total. The number of hydrogen-bond acceptors (Lipinski definition) is 3. The summed E-state index contributed by atoms with van der Waals surface area (Å²) in [5.41, 5.74) is 3.52. The smallest absolute Gasteiger partial charge is 0.308 e. The fourth-order valence-corrected chi connectivity index (χ4v) is 3.94. The molecule has 1 amide bonds. The summed E-state index contributed by atoms with van der Waals surface area (Å²) in [6.07, 6.45) is 0. The summed E-state index contributed by atoms with van der Waals surface area (Å²) in [6, 6.07) is 15.3. The van der Waals surface area contributed by atoms with E-state index in [1.165, 1.54) is 0 Å². The molecule has 1 fully saturated rings. The van der Waals surface area contributed by atoms with Gasteiger partial charge in [0.15, 0.2) is 5.76 Å². The number of rotatable bonds is 3. The van der Waals surface area contributed by atoms with Crippen LogP contribution >= 0.6 is 0 Å². The SMILES string of the molecule is Cc1ccc2oc(C(=O)N3C[C@H](C(=O)O)[C@@H](c4ccccc4)C3)c(C)c2c1. The highest BCUT2D eigenvalue weighted by Gasteiger charge is 2.41. The van der Waals surface area contributed by atoms with Crippen molar-refractivity contribution in [3.63, 3.8) is 0 Å². The summed E-state index contributed by atoms with van der Waals surface area (Å²) in [5.74, 6) is -1.67. The monoisotopic (exact) mass is 363 g/mol. The van der Waals surface area contributed by atoms with Crippen molar-refractivity contribution in [3.05, 3.63) is 71.0 Å². The first-order valence-corrected chi connectivity index (χ1v) is 9.02. The molecule has 4 rings (SSSR count). The standard InChI is InChI=1S/C22H21NO4/c1-13-8-9-19-16(10-13)14(2)20(27-19)21(24)23-11-17(18(12-23)22(25)26)15-6-4-3-5-7-15/h3-10,17-18H,11-12H2,1-2H3,(H,25,26)/t17-,18+/m1/s1. The number of aliphatic carboxylic acids is 1. The first kappa shape index (κ1) is 17.3. The summed E-state index contributed by atoms with van der Waals surface area (Å²) in [6.45, 7) is 4.42. The van der Waals surface area contributed by atoms with Gasteiger partial charge in [0.2, 0.25) is 0 Å². The minimum atomic E-state index is -0.879. The minimum Gasteiger partial charge on any atom is -0.481 e. The number of carbonyl (C=O) groups excluding carboxylic acids is 1. The number of carbonyl (C=O) groups is 2. The molecule has 0 saturated carbocycles. The Bertz CT molecular complexity index is 1020. The quantitative estimate of drug-likeness (QED) is 0.764. The Morgan fingerprint density at radius 3 is 2.52 bits per heavy atom. The van der Waals surface area contributed by atoms with E-state index in [1.54, 1.807) is 4.90 Å². The fourth-order valence-electron chi connectivity index (χ4n) is 3.94. The lowest BCUT2D eigenvalue weighted by Crippen LogP contribution is -2.30. The van der Waals surface area contributed by atoms with Crippen LogP contribution in [0.5, 0.6) is 0 Å². The Morgan fingerprint density at radius 2 is 1.81 bits per heavy atom. The molecule has 0 aliphatic carbocycles. The van der Waals surface area contributed by atoms with Crippen molar-refractivity contribution in [3.8, 4) is 0 Å². The molecule has 0 bridgehead atoms. The van der Waals surface area contributed by atoms with Gasteiger partial charge in [-0.3, -0.25) is 9.59 Å². The van der Waals surface area contributed by atoms with Gasteiger partial charge in [0.05, 0.1) is 5.92 Å². The lowest BCUT2D eigenvalue weighted by Gasteiger charge is -2.15. The van der Waals surface area contributed by atoms with Crippen LogP contribution < -0.4 is 0 Å². The summed E-state index contributed by atoms with van der Waals surface area (Å²) in [4.78, 5) is 26.5. The molecule has 1 aliphatic heterocycles. The molecular weight excluding hydrogens is 342 g/mol. The highest BCUT2D eigenvalue weighted by Crippen LogP contribution is 2.35. The predicted molar refractivity (Wildman–Crippen MR) is 102 cm³/mol. The van der Waals surface area contributed by atoms with Gasteiger partial charge in [-0.25, -0.2) is 0 Å². The van der Waals surface area contributed by atoms with Crippen molar-refractivity contribution in [2.75, 3.05) is 13.1 Å². The van der Waals surface area contributed by atoms with Crippen molar-refractivity contribution < 1.29 is 19.1 Å². The molecule has 0 spiro atoms. The highest BCUT2D eigenvalue weighted by atomic mass is 16.4. The van der Waals surface area contributed by atoms with E-state index in [0.29, 0.717) is 17.9 Å². The second kappa shape index (κ2) is 6.58. The molecule has 1 aromatic heterocycles. The molecule has 1 aliphatic rings. The van der Waals surface area contributed by atoms with Gasteiger partial charge in [-0.2, -0.15) is 0 Å². The van der Waals surface area contributed by atoms with Gasteiger partial charge in [0.25, 0.3) is 5.91 Å². The second-order valence-electron chi connectivity index (χ2n) is 7.23. The number of carboxylic acid groups (broad SMARTS) is 1. The van der Waals surface area contributed by atoms with E-state index in [0.717, 1.165) is 22.1 Å². The Labute approximate surface area is 157 Å². The van der Waals surface area contributed by atoms with E-state index < -0.39 is 11.9 Å². The Morgan fingerprint density at radius 1 is 1.07 bits per heavy atom. The molecule has 5 heteroatoms. The first-order valence-electron chi connectivity index (χ1n) is 9.02. The van der Waals surface area contributed by atoms with Crippen LogP contribution in [0.1, 0.15) is 33.2 Å². The van der Waals surface area contributed by atoms with Gasteiger partial charge < -0.3 is 14.4 Å². The molecule has 2 atom stereocenters. The molecule has 2 heterocycles. The summed E-state index contributed by atoms with van der Waals surface area (Å²) in [7, 11) is 0. The largest absolute Gasteiger partial charge is 0.481 e. The number of fused-ring (bicyclic) bond motifs is 1. The maximum Gasteiger partial charge on any atom is 0.308 e. The van der Waals surface area contributed by atoms with Crippen molar-refractivity contribution >= 4 is 22.8 Å². The number of benzene rings is 2. The lowest BCUT2D eigenvalue weighted by atomic mass is 9.89. The van der Waals surface area contributed by atoms with Crippen LogP contribution in [-0.4, -0.2) is 35.0 Å². The van der Waals surface area contributed by atoms with Gasteiger partial charge in [-0.1, -0.05) is 42.0 Å². The summed E-state index contributed by atoms with van der Waals surface area (Å²) >= 11 is 0. The maximum absolute atomic E-state index is 13.1. The van der Waals surface area contributed by atoms with Crippen LogP contribution in [0.2, 0.25) is 0 Å². The number of hydrogen-bond donors (Lipinski definition) is 1. The summed E-state index contributed by atoms with van der Waals surface area (Å²) < 4.78 is 5.83. The lowest BCUT2D eigenvalue weighted by molar-refractivity contribution is -0.141. The van der Waals surface area contributed by atoms with E-state index in [9.17, 15) is 14.7 Å². The first-order chi connectivity index (χ1) is 13.0. The van der Waals surface area contributed by atoms with Crippen molar-refractivity contribution in [2.45, 2.75) is 19.8 Å². The van der Waals surface area contributed by atoms with Crippen molar-refractivity contribution in [1.82, 2.24) is 4.90 Å². The molecule has 138 valence electrons. The average molecular weight is 363 g/mol. The van der Waals surface area contributed by atoms with E-state index >= 15 is 0 Å². The van der Waals surface area contributed by atoms with E-state index in [-0.39, 0.29) is 18.4 Å². The molecule has 0 unspecified atom stereocenters. The van der Waals surface area contributed by atoms with Gasteiger partial charge >= 0.3 is 5.97 Å². The number of amides is 1. The van der Waals surface area contributed by atoms with Crippen molar-refractivity contribution in [1.29, 1.82) is 0 Å². The number of nitrogens with zero attached hydrogens (tertiary/aromatic N) is 1. The zero-order chi connectivity index (χ0) is 19.1. The van der Waals surface area contributed by atoms with Gasteiger partial charge in [0, 0.05) is 30.0 Å². The van der Waals surface area contributed by atoms with Gasteiger partial charge in [-0.15, -0.1) is 0 Å². The van der Waals surface area contributed by atoms with E-state index in [2.05, 4.69) is 0 Å². The molecule has 2 aromatic carbocycles. The topological polar surface area (TPSA) is 70.8 Å². The van der Waals surface area contributed by atoms with E-state index in [1.807, 2.05) is 62.4 Å². The van der Waals surface area contributed by atoms with Crippen molar-refractivity contribution in [2.24, 2.45) is 5.92 Å². The van der Waals surface area contributed by atoms with Crippen LogP contribution in [0.3, 0.4) is 0 Å². The third-order valence-electron chi connectivity index (χ3n) is 5.44. The zero-order valence-electron chi connectivity index (χ0n) is 15.3. The fraction of sp³-hybridized carbons (Fsp3) is 0.273. The third kappa shape index (κ3) is 2.99. The molecule has 27 heavy (non-hydrogen) atoms. The Balaban J connectivity index is 1.67. The average Bonchev–Trinajstić information content (AvgIpc) is 3.25. The van der Waals surface area contributed by atoms with Crippen LogP contribution in [0.25, 0.3) is 11.0 Å². The normalized spacial score (nSPS) is 19.6. The number of carboxylic acids is 1. The van der Waals surface area contributed by atoms with Crippen LogP contribution in [0.4, 0.5) is 0 Å². The molecule has 1 N–H and O–H groups in total. The third-order valence-corrected chi connectivity index (χ3v) is 5.44. The van der Waals surface area contributed by atoms with Crippen LogP contribution in [0, 0.1) is 19.8 Å². The predicted octanol–water partition coefficient (Wildman–Crippen LogP) is 3.99. The van der Waals surface area contributed by atoms with E-state index in [4.69, 9.17) is 4.42 Å². The highest BCUT2D eigenvalue weighted by molar-refractivity contribution is 5.99.